The zero-order valence-electron chi connectivity index (χ0n) is 15.2. The lowest BCUT2D eigenvalue weighted by atomic mass is 9.63. The fourth-order valence-electron chi connectivity index (χ4n) is 5.17. The molecule has 25 heavy (non-hydrogen) atoms. The average Bonchev–Trinajstić information content (AvgIpc) is 2.61. The Morgan fingerprint density at radius 3 is 2.36 bits per heavy atom. The lowest BCUT2D eigenvalue weighted by molar-refractivity contribution is 0.113. The van der Waals surface area contributed by atoms with Gasteiger partial charge in [-0.25, -0.2) is 8.78 Å². The van der Waals surface area contributed by atoms with Crippen molar-refractivity contribution in [3.8, 4) is 6.07 Å². The van der Waals surface area contributed by atoms with Crippen molar-refractivity contribution >= 4 is 0 Å². The zero-order chi connectivity index (χ0) is 17.8. The maximum atomic E-state index is 13.9. The quantitative estimate of drug-likeness (QED) is 0.544. The molecule has 3 heteroatoms. The molecule has 0 amide bonds. The van der Waals surface area contributed by atoms with Gasteiger partial charge in [-0.1, -0.05) is 39.0 Å². The Morgan fingerprint density at radius 1 is 1.00 bits per heavy atom. The van der Waals surface area contributed by atoms with Crippen molar-refractivity contribution in [1.29, 1.82) is 5.26 Å². The standard InChI is InChI=1S/C22H29F2N/c1-2-3-4-5-15-6-7-17-11-18(9-8-16(17)10-15)19-12-21(23)20(14-25)22(24)13-19/h12-13,15-18H,2-11H2,1H3. The highest BCUT2D eigenvalue weighted by Crippen LogP contribution is 2.48. The molecule has 4 unspecified atom stereocenters. The molecule has 0 bridgehead atoms. The first-order chi connectivity index (χ1) is 12.1. The number of benzene rings is 1. The third kappa shape index (κ3) is 4.22. The maximum Gasteiger partial charge on any atom is 0.144 e. The molecule has 2 aliphatic rings. The molecule has 4 atom stereocenters. The molecule has 1 aromatic rings. The number of rotatable bonds is 5. The molecule has 2 saturated carbocycles. The van der Waals surface area contributed by atoms with Crippen molar-refractivity contribution in [2.75, 3.05) is 0 Å². The molecule has 1 nitrogen and oxygen atoms in total. The Kier molecular flexibility index (Phi) is 6.10. The van der Waals surface area contributed by atoms with Gasteiger partial charge in [-0.2, -0.15) is 5.26 Å². The van der Waals surface area contributed by atoms with Crippen LogP contribution in [0.1, 0.15) is 88.2 Å². The Hall–Kier alpha value is -1.43. The van der Waals surface area contributed by atoms with E-state index in [2.05, 4.69) is 6.92 Å². The summed E-state index contributed by atoms with van der Waals surface area (Å²) in [5, 5.41) is 8.83. The molecule has 0 spiro atoms. The van der Waals surface area contributed by atoms with E-state index >= 15 is 0 Å². The summed E-state index contributed by atoms with van der Waals surface area (Å²) < 4.78 is 27.9. The minimum atomic E-state index is -0.709. The van der Waals surface area contributed by atoms with Gasteiger partial charge in [-0.15, -0.1) is 0 Å². The predicted octanol–water partition coefficient (Wildman–Crippen LogP) is 6.72. The van der Waals surface area contributed by atoms with Crippen LogP contribution in [0, 0.1) is 40.7 Å². The third-order valence-electron chi connectivity index (χ3n) is 6.59. The maximum absolute atomic E-state index is 13.9. The van der Waals surface area contributed by atoms with Crippen LogP contribution < -0.4 is 0 Å². The summed E-state index contributed by atoms with van der Waals surface area (Å²) in [5.74, 6) is 1.25. The van der Waals surface area contributed by atoms with Crippen molar-refractivity contribution in [1.82, 2.24) is 0 Å². The lowest BCUT2D eigenvalue weighted by Gasteiger charge is -2.42. The van der Waals surface area contributed by atoms with Gasteiger partial charge in [0, 0.05) is 0 Å². The van der Waals surface area contributed by atoms with Gasteiger partial charge >= 0.3 is 0 Å². The fourth-order valence-corrected chi connectivity index (χ4v) is 5.17. The SMILES string of the molecule is CCCCCC1CCC2CC(c3cc(F)c(C#N)c(F)c3)CCC2C1. The lowest BCUT2D eigenvalue weighted by Crippen LogP contribution is -2.30. The highest BCUT2D eigenvalue weighted by Gasteiger charge is 2.36. The predicted molar refractivity (Wildman–Crippen MR) is 96.1 cm³/mol. The molecule has 1 aromatic carbocycles. The molecule has 136 valence electrons. The first kappa shape index (κ1) is 18.4. The van der Waals surface area contributed by atoms with Crippen LogP contribution in [0.25, 0.3) is 0 Å². The Bertz CT molecular complexity index is 610. The topological polar surface area (TPSA) is 23.8 Å². The van der Waals surface area contributed by atoms with Gasteiger partial charge in [0.05, 0.1) is 0 Å². The second-order valence-corrected chi connectivity index (χ2v) is 8.18. The number of unbranched alkanes of at least 4 members (excludes halogenated alkanes) is 2. The van der Waals surface area contributed by atoms with Crippen LogP contribution >= 0.6 is 0 Å². The number of hydrogen-bond donors (Lipinski definition) is 0. The van der Waals surface area contributed by atoms with E-state index in [0.29, 0.717) is 5.92 Å². The highest BCUT2D eigenvalue weighted by atomic mass is 19.1. The third-order valence-corrected chi connectivity index (χ3v) is 6.59. The van der Waals surface area contributed by atoms with Crippen LogP contribution in [0.3, 0.4) is 0 Å². The number of hydrogen-bond acceptors (Lipinski definition) is 1. The van der Waals surface area contributed by atoms with E-state index in [4.69, 9.17) is 5.26 Å². The molecule has 0 N–H and O–H groups in total. The molecule has 2 aliphatic carbocycles. The summed E-state index contributed by atoms with van der Waals surface area (Å²) in [5.41, 5.74) is 0.294. The van der Waals surface area contributed by atoms with Gasteiger partial charge in [-0.05, 0) is 73.5 Å². The van der Waals surface area contributed by atoms with E-state index in [0.717, 1.165) is 30.2 Å². The van der Waals surface area contributed by atoms with E-state index in [1.54, 1.807) is 6.07 Å². The van der Waals surface area contributed by atoms with Crippen LogP contribution in [0.2, 0.25) is 0 Å². The van der Waals surface area contributed by atoms with Crippen molar-refractivity contribution in [2.24, 2.45) is 17.8 Å². The molecular formula is C22H29F2N. The van der Waals surface area contributed by atoms with Gasteiger partial charge in [0.2, 0.25) is 0 Å². The monoisotopic (exact) mass is 345 g/mol. The molecule has 0 aromatic heterocycles. The summed E-state index contributed by atoms with van der Waals surface area (Å²) in [6.45, 7) is 2.26. The second kappa shape index (κ2) is 8.30. The van der Waals surface area contributed by atoms with Crippen LogP contribution in [-0.4, -0.2) is 0 Å². The molecule has 0 radical (unpaired) electrons. The van der Waals surface area contributed by atoms with Gasteiger partial charge < -0.3 is 0 Å². The Labute approximate surface area is 150 Å². The first-order valence-electron chi connectivity index (χ1n) is 10.0. The van der Waals surface area contributed by atoms with Gasteiger partial charge in [0.15, 0.2) is 0 Å². The largest absolute Gasteiger partial charge is 0.205 e. The number of nitriles is 1. The zero-order valence-corrected chi connectivity index (χ0v) is 15.2. The molecule has 0 aliphatic heterocycles. The average molecular weight is 345 g/mol. The molecule has 2 fully saturated rings. The summed E-state index contributed by atoms with van der Waals surface area (Å²) in [4.78, 5) is 0. The van der Waals surface area contributed by atoms with Crippen LogP contribution in [0.5, 0.6) is 0 Å². The Balaban J connectivity index is 1.61. The van der Waals surface area contributed by atoms with Crippen molar-refractivity contribution < 1.29 is 8.78 Å². The van der Waals surface area contributed by atoms with E-state index in [1.807, 2.05) is 0 Å². The van der Waals surface area contributed by atoms with Crippen molar-refractivity contribution in [3.63, 3.8) is 0 Å². The van der Waals surface area contributed by atoms with Crippen LogP contribution in [0.4, 0.5) is 8.78 Å². The summed E-state index contributed by atoms with van der Waals surface area (Å²) in [6, 6.07) is 4.40. The van der Waals surface area contributed by atoms with Crippen LogP contribution in [0.15, 0.2) is 12.1 Å². The minimum absolute atomic E-state index is 0.245. The van der Waals surface area contributed by atoms with Crippen LogP contribution in [-0.2, 0) is 0 Å². The van der Waals surface area contributed by atoms with E-state index < -0.39 is 17.2 Å². The molecule has 0 heterocycles. The van der Waals surface area contributed by atoms with E-state index in [9.17, 15) is 8.78 Å². The number of halogens is 2. The summed E-state index contributed by atoms with van der Waals surface area (Å²) in [6.07, 6.45) is 12.6. The molecule has 0 saturated heterocycles. The molecular weight excluding hydrogens is 316 g/mol. The smallest absolute Gasteiger partial charge is 0.144 e. The molecule has 3 rings (SSSR count). The number of fused-ring (bicyclic) bond motifs is 1. The van der Waals surface area contributed by atoms with Crippen molar-refractivity contribution in [3.05, 3.63) is 34.9 Å². The number of nitrogens with zero attached hydrogens (tertiary/aromatic N) is 1. The summed E-state index contributed by atoms with van der Waals surface area (Å²) >= 11 is 0. The fraction of sp³-hybridized carbons (Fsp3) is 0.682. The second-order valence-electron chi connectivity index (χ2n) is 8.18. The van der Waals surface area contributed by atoms with Crippen molar-refractivity contribution in [2.45, 2.75) is 77.0 Å². The van der Waals surface area contributed by atoms with Gasteiger partial charge in [0.25, 0.3) is 0 Å². The van der Waals surface area contributed by atoms with E-state index in [-0.39, 0.29) is 5.92 Å². The first-order valence-corrected chi connectivity index (χ1v) is 10.0. The van der Waals surface area contributed by atoms with Gasteiger partial charge in [-0.3, -0.25) is 0 Å². The van der Waals surface area contributed by atoms with Gasteiger partial charge in [0.1, 0.15) is 23.3 Å². The minimum Gasteiger partial charge on any atom is -0.205 e. The van der Waals surface area contributed by atoms with E-state index in [1.165, 1.54) is 63.5 Å². The Morgan fingerprint density at radius 2 is 1.68 bits per heavy atom. The summed E-state index contributed by atoms with van der Waals surface area (Å²) in [7, 11) is 0. The highest BCUT2D eigenvalue weighted by molar-refractivity contribution is 5.36. The normalized spacial score (nSPS) is 29.0.